The molecule has 0 atom stereocenters. The largest absolute Gasteiger partial charge is 0.373 e. The molecule has 1 aromatic heterocycles. The summed E-state index contributed by atoms with van der Waals surface area (Å²) >= 11 is 9.42. The number of hydrogen-bond acceptors (Lipinski definition) is 4. The molecule has 106 valence electrons. The van der Waals surface area contributed by atoms with E-state index in [2.05, 4.69) is 50.4 Å². The Bertz CT molecular complexity index is 616. The molecule has 0 bridgehead atoms. The number of hydrogen-bond donors (Lipinski definition) is 2. The Morgan fingerprint density at radius 2 is 1.90 bits per heavy atom. The van der Waals surface area contributed by atoms with Crippen LogP contribution in [0.5, 0.6) is 0 Å². The first-order valence-corrected chi connectivity index (χ1v) is 7.44. The molecule has 0 saturated heterocycles. The van der Waals surface area contributed by atoms with Crippen LogP contribution in [0.25, 0.3) is 0 Å². The summed E-state index contributed by atoms with van der Waals surface area (Å²) in [7, 11) is 1.86. The van der Waals surface area contributed by atoms with Gasteiger partial charge in [-0.3, -0.25) is 0 Å². The summed E-state index contributed by atoms with van der Waals surface area (Å²) in [5, 5.41) is 7.10. The fourth-order valence-electron chi connectivity index (χ4n) is 1.95. The average molecular weight is 356 g/mol. The van der Waals surface area contributed by atoms with Crippen molar-refractivity contribution >= 4 is 44.9 Å². The number of rotatable bonds is 4. The van der Waals surface area contributed by atoms with E-state index in [0.717, 1.165) is 27.4 Å². The number of aromatic nitrogens is 2. The first-order chi connectivity index (χ1) is 9.52. The van der Waals surface area contributed by atoms with Crippen LogP contribution < -0.4 is 10.6 Å². The molecule has 0 aliphatic carbocycles. The summed E-state index contributed by atoms with van der Waals surface area (Å²) in [4.78, 5) is 8.61. The molecule has 0 unspecified atom stereocenters. The van der Waals surface area contributed by atoms with Gasteiger partial charge in [0.15, 0.2) is 0 Å². The molecular weight excluding hydrogens is 340 g/mol. The summed E-state index contributed by atoms with van der Waals surface area (Å²) in [6.07, 6.45) is 1.55. The molecule has 0 aliphatic rings. The van der Waals surface area contributed by atoms with E-state index in [0.29, 0.717) is 10.9 Å². The average Bonchev–Trinajstić information content (AvgIpc) is 2.42. The zero-order chi connectivity index (χ0) is 14.7. The van der Waals surface area contributed by atoms with E-state index >= 15 is 0 Å². The van der Waals surface area contributed by atoms with Crippen molar-refractivity contribution in [3.05, 3.63) is 39.6 Å². The normalized spacial score (nSPS) is 10.7. The van der Waals surface area contributed by atoms with Crippen molar-refractivity contribution in [2.24, 2.45) is 0 Å². The minimum absolute atomic E-state index is 0.303. The van der Waals surface area contributed by atoms with Gasteiger partial charge in [0.25, 0.3) is 0 Å². The third-order valence-corrected chi connectivity index (χ3v) is 4.09. The molecule has 2 N–H and O–H groups in total. The minimum Gasteiger partial charge on any atom is -0.373 e. The van der Waals surface area contributed by atoms with Gasteiger partial charge < -0.3 is 10.6 Å². The molecule has 4 nitrogen and oxygen atoms in total. The van der Waals surface area contributed by atoms with Crippen LogP contribution in [0.4, 0.5) is 17.3 Å². The molecule has 0 fully saturated rings. The molecule has 1 aromatic carbocycles. The highest BCUT2D eigenvalue weighted by molar-refractivity contribution is 9.10. The first-order valence-electron chi connectivity index (χ1n) is 6.27. The zero-order valence-electron chi connectivity index (χ0n) is 11.5. The highest BCUT2D eigenvalue weighted by atomic mass is 79.9. The van der Waals surface area contributed by atoms with Crippen LogP contribution in [0.3, 0.4) is 0 Å². The SMILES string of the molecule is CNc1ncnc(Nc2ccc(Cl)c(Br)c2)c1C(C)C. The smallest absolute Gasteiger partial charge is 0.139 e. The van der Waals surface area contributed by atoms with Gasteiger partial charge in [-0.1, -0.05) is 25.4 Å². The quantitative estimate of drug-likeness (QED) is 0.827. The standard InChI is InChI=1S/C14H16BrClN4/c1-8(2)12-13(17-3)18-7-19-14(12)20-9-4-5-11(16)10(15)6-9/h4-8H,1-3H3,(H2,17,18,19,20). The Kier molecular flexibility index (Phi) is 4.83. The Morgan fingerprint density at radius 3 is 2.50 bits per heavy atom. The van der Waals surface area contributed by atoms with Gasteiger partial charge in [0, 0.05) is 22.8 Å². The summed E-state index contributed by atoms with van der Waals surface area (Å²) in [5.74, 6) is 1.94. The van der Waals surface area contributed by atoms with Crippen LogP contribution in [0, 0.1) is 0 Å². The fourth-order valence-corrected chi connectivity index (χ4v) is 2.45. The van der Waals surface area contributed by atoms with Gasteiger partial charge in [-0.25, -0.2) is 9.97 Å². The number of benzene rings is 1. The predicted molar refractivity (Wildman–Crippen MR) is 88.1 cm³/mol. The van der Waals surface area contributed by atoms with Gasteiger partial charge in [0.1, 0.15) is 18.0 Å². The van der Waals surface area contributed by atoms with Crippen LogP contribution in [-0.4, -0.2) is 17.0 Å². The first kappa shape index (κ1) is 15.1. The fraction of sp³-hybridized carbons (Fsp3) is 0.286. The number of nitrogens with zero attached hydrogens (tertiary/aromatic N) is 2. The molecule has 0 aliphatic heterocycles. The van der Waals surface area contributed by atoms with E-state index in [4.69, 9.17) is 11.6 Å². The molecule has 2 aromatic rings. The van der Waals surface area contributed by atoms with Crippen LogP contribution in [-0.2, 0) is 0 Å². The maximum atomic E-state index is 6.00. The molecule has 0 spiro atoms. The van der Waals surface area contributed by atoms with Gasteiger partial charge in [-0.2, -0.15) is 0 Å². The second-order valence-electron chi connectivity index (χ2n) is 4.64. The van der Waals surface area contributed by atoms with Crippen molar-refractivity contribution in [3.8, 4) is 0 Å². The van der Waals surface area contributed by atoms with Crippen molar-refractivity contribution in [2.45, 2.75) is 19.8 Å². The van der Waals surface area contributed by atoms with Gasteiger partial charge in [0.2, 0.25) is 0 Å². The van der Waals surface area contributed by atoms with Gasteiger partial charge in [0.05, 0.1) is 5.02 Å². The summed E-state index contributed by atoms with van der Waals surface area (Å²) in [6.45, 7) is 4.23. The molecule has 2 rings (SSSR count). The second kappa shape index (κ2) is 6.41. The Labute approximate surface area is 132 Å². The molecule has 0 amide bonds. The van der Waals surface area contributed by atoms with E-state index in [1.165, 1.54) is 0 Å². The van der Waals surface area contributed by atoms with Crippen LogP contribution in [0.1, 0.15) is 25.3 Å². The minimum atomic E-state index is 0.303. The third-order valence-electron chi connectivity index (χ3n) is 2.88. The van der Waals surface area contributed by atoms with Gasteiger partial charge in [-0.05, 0) is 40.0 Å². The highest BCUT2D eigenvalue weighted by Crippen LogP contribution is 2.32. The molecule has 1 heterocycles. The molecule has 20 heavy (non-hydrogen) atoms. The summed E-state index contributed by atoms with van der Waals surface area (Å²) in [6, 6.07) is 5.68. The topological polar surface area (TPSA) is 49.8 Å². The lowest BCUT2D eigenvalue weighted by molar-refractivity contribution is 0.852. The van der Waals surface area contributed by atoms with Gasteiger partial charge >= 0.3 is 0 Å². The van der Waals surface area contributed by atoms with E-state index in [1.807, 2.05) is 25.2 Å². The second-order valence-corrected chi connectivity index (χ2v) is 5.90. The van der Waals surface area contributed by atoms with Crippen LogP contribution in [0.2, 0.25) is 5.02 Å². The van der Waals surface area contributed by atoms with Crippen molar-refractivity contribution in [1.82, 2.24) is 9.97 Å². The lowest BCUT2D eigenvalue weighted by Gasteiger charge is -2.16. The lowest BCUT2D eigenvalue weighted by Crippen LogP contribution is -2.06. The monoisotopic (exact) mass is 354 g/mol. The van der Waals surface area contributed by atoms with Crippen LogP contribution >= 0.6 is 27.5 Å². The van der Waals surface area contributed by atoms with E-state index < -0.39 is 0 Å². The predicted octanol–water partition coefficient (Wildman–Crippen LogP) is 4.80. The third kappa shape index (κ3) is 3.22. The van der Waals surface area contributed by atoms with Crippen molar-refractivity contribution in [3.63, 3.8) is 0 Å². The number of halogens is 2. The Balaban J connectivity index is 2.40. The number of nitrogens with one attached hydrogen (secondary N) is 2. The zero-order valence-corrected chi connectivity index (χ0v) is 13.9. The summed E-state index contributed by atoms with van der Waals surface area (Å²) < 4.78 is 0.846. The lowest BCUT2D eigenvalue weighted by atomic mass is 10.0. The highest BCUT2D eigenvalue weighted by Gasteiger charge is 2.14. The maximum absolute atomic E-state index is 6.00. The molecule has 0 radical (unpaired) electrons. The molecular formula is C14H16BrClN4. The van der Waals surface area contributed by atoms with Crippen LogP contribution in [0.15, 0.2) is 29.0 Å². The van der Waals surface area contributed by atoms with Gasteiger partial charge in [-0.15, -0.1) is 0 Å². The Hall–Kier alpha value is -1.33. The summed E-state index contributed by atoms with van der Waals surface area (Å²) in [5.41, 5.74) is 1.98. The number of anilines is 3. The molecule has 0 saturated carbocycles. The van der Waals surface area contributed by atoms with Crippen molar-refractivity contribution < 1.29 is 0 Å². The Morgan fingerprint density at radius 1 is 1.20 bits per heavy atom. The van der Waals surface area contributed by atoms with E-state index in [1.54, 1.807) is 6.33 Å². The van der Waals surface area contributed by atoms with Crippen molar-refractivity contribution in [1.29, 1.82) is 0 Å². The van der Waals surface area contributed by atoms with E-state index in [9.17, 15) is 0 Å². The van der Waals surface area contributed by atoms with E-state index in [-0.39, 0.29) is 0 Å². The maximum Gasteiger partial charge on any atom is 0.139 e. The van der Waals surface area contributed by atoms with Crippen molar-refractivity contribution in [2.75, 3.05) is 17.7 Å². The molecule has 6 heteroatoms.